The summed E-state index contributed by atoms with van der Waals surface area (Å²) in [5.41, 5.74) is 1.38. The van der Waals surface area contributed by atoms with Gasteiger partial charge in [-0.2, -0.15) is 4.98 Å². The standard InChI is InChI=1S/C17H19N7O2/c1-23(2)15-13(10-19-17(21-15)24(3)4)20-16(25)12-8-14(26-22-12)11-6-5-7-18-9-11/h5-10H,1-4H3,(H,20,25). The molecule has 0 aromatic carbocycles. The van der Waals surface area contributed by atoms with Crippen molar-refractivity contribution in [3.8, 4) is 11.3 Å². The number of pyridine rings is 1. The van der Waals surface area contributed by atoms with Crippen LogP contribution in [-0.4, -0.2) is 54.2 Å². The van der Waals surface area contributed by atoms with Gasteiger partial charge in [0.05, 0.1) is 6.20 Å². The smallest absolute Gasteiger partial charge is 0.278 e. The predicted octanol–water partition coefficient (Wildman–Crippen LogP) is 1.91. The Labute approximate surface area is 150 Å². The Balaban J connectivity index is 1.83. The fourth-order valence-electron chi connectivity index (χ4n) is 2.22. The minimum absolute atomic E-state index is 0.158. The first-order valence-electron chi connectivity index (χ1n) is 7.86. The summed E-state index contributed by atoms with van der Waals surface area (Å²) < 4.78 is 5.24. The number of aromatic nitrogens is 4. The first-order valence-corrected chi connectivity index (χ1v) is 7.86. The van der Waals surface area contributed by atoms with Crippen LogP contribution < -0.4 is 15.1 Å². The highest BCUT2D eigenvalue weighted by atomic mass is 16.5. The molecule has 9 nitrogen and oxygen atoms in total. The first-order chi connectivity index (χ1) is 12.5. The quantitative estimate of drug-likeness (QED) is 0.742. The van der Waals surface area contributed by atoms with E-state index in [1.165, 1.54) is 0 Å². The number of nitrogens with zero attached hydrogens (tertiary/aromatic N) is 6. The van der Waals surface area contributed by atoms with E-state index in [4.69, 9.17) is 4.52 Å². The van der Waals surface area contributed by atoms with Crippen molar-refractivity contribution in [2.75, 3.05) is 43.3 Å². The SMILES string of the molecule is CN(C)c1ncc(NC(=O)c2cc(-c3cccnc3)on2)c(N(C)C)n1. The Morgan fingerprint density at radius 1 is 1.15 bits per heavy atom. The van der Waals surface area contributed by atoms with E-state index in [0.29, 0.717) is 23.2 Å². The Bertz CT molecular complexity index is 906. The van der Waals surface area contributed by atoms with Crippen LogP contribution in [0, 0.1) is 0 Å². The van der Waals surface area contributed by atoms with Crippen molar-refractivity contribution < 1.29 is 9.32 Å². The van der Waals surface area contributed by atoms with Gasteiger partial charge in [0, 0.05) is 52.2 Å². The molecule has 0 bridgehead atoms. The van der Waals surface area contributed by atoms with Crippen molar-refractivity contribution in [1.82, 2.24) is 20.1 Å². The number of hydrogen-bond donors (Lipinski definition) is 1. The number of hydrogen-bond acceptors (Lipinski definition) is 8. The lowest BCUT2D eigenvalue weighted by molar-refractivity contribution is 0.101. The van der Waals surface area contributed by atoms with Gasteiger partial charge in [0.2, 0.25) is 5.95 Å². The average molecular weight is 353 g/mol. The third-order valence-corrected chi connectivity index (χ3v) is 3.52. The third-order valence-electron chi connectivity index (χ3n) is 3.52. The second-order valence-electron chi connectivity index (χ2n) is 5.97. The summed E-state index contributed by atoms with van der Waals surface area (Å²) in [5, 5.41) is 6.61. The lowest BCUT2D eigenvalue weighted by Crippen LogP contribution is -2.21. The van der Waals surface area contributed by atoms with E-state index in [-0.39, 0.29) is 5.69 Å². The van der Waals surface area contributed by atoms with Crippen molar-refractivity contribution in [1.29, 1.82) is 0 Å². The molecule has 0 atom stereocenters. The fraction of sp³-hybridized carbons (Fsp3) is 0.235. The van der Waals surface area contributed by atoms with Gasteiger partial charge < -0.3 is 19.6 Å². The molecule has 3 heterocycles. The lowest BCUT2D eigenvalue weighted by atomic mass is 10.2. The number of carbonyl (C=O) groups is 1. The molecule has 0 aliphatic rings. The Morgan fingerprint density at radius 3 is 2.62 bits per heavy atom. The number of nitrogens with one attached hydrogen (secondary N) is 1. The van der Waals surface area contributed by atoms with Crippen molar-refractivity contribution in [3.05, 3.63) is 42.5 Å². The highest BCUT2D eigenvalue weighted by Crippen LogP contribution is 2.24. The molecule has 1 amide bonds. The van der Waals surface area contributed by atoms with Gasteiger partial charge >= 0.3 is 0 Å². The molecular formula is C17H19N7O2. The molecule has 1 N–H and O–H groups in total. The van der Waals surface area contributed by atoms with Crippen LogP contribution in [0.1, 0.15) is 10.5 Å². The van der Waals surface area contributed by atoms with Gasteiger partial charge in [-0.05, 0) is 12.1 Å². The van der Waals surface area contributed by atoms with E-state index in [2.05, 4.69) is 25.4 Å². The van der Waals surface area contributed by atoms with Crippen molar-refractivity contribution in [3.63, 3.8) is 0 Å². The number of carbonyl (C=O) groups excluding carboxylic acids is 1. The minimum Gasteiger partial charge on any atom is -0.361 e. The van der Waals surface area contributed by atoms with Crippen molar-refractivity contribution >= 4 is 23.4 Å². The van der Waals surface area contributed by atoms with Gasteiger partial charge in [-0.3, -0.25) is 9.78 Å². The van der Waals surface area contributed by atoms with E-state index < -0.39 is 5.91 Å². The molecule has 0 aliphatic heterocycles. The zero-order valence-electron chi connectivity index (χ0n) is 15.0. The van der Waals surface area contributed by atoms with Gasteiger partial charge in [0.25, 0.3) is 5.91 Å². The summed E-state index contributed by atoms with van der Waals surface area (Å²) in [6.07, 6.45) is 4.87. The molecule has 26 heavy (non-hydrogen) atoms. The summed E-state index contributed by atoms with van der Waals surface area (Å²) >= 11 is 0. The lowest BCUT2D eigenvalue weighted by Gasteiger charge is -2.19. The van der Waals surface area contributed by atoms with Gasteiger partial charge in [-0.25, -0.2) is 4.98 Å². The molecule has 3 aromatic heterocycles. The largest absolute Gasteiger partial charge is 0.361 e. The Morgan fingerprint density at radius 2 is 1.96 bits per heavy atom. The van der Waals surface area contributed by atoms with Crippen LogP contribution in [0.5, 0.6) is 0 Å². The molecule has 0 saturated carbocycles. The van der Waals surface area contributed by atoms with Gasteiger partial charge in [0.15, 0.2) is 17.3 Å². The monoisotopic (exact) mass is 353 g/mol. The topological polar surface area (TPSA) is 100 Å². The molecule has 9 heteroatoms. The predicted molar refractivity (Wildman–Crippen MR) is 98.4 cm³/mol. The average Bonchev–Trinajstić information content (AvgIpc) is 3.12. The van der Waals surface area contributed by atoms with Gasteiger partial charge in [-0.1, -0.05) is 5.16 Å². The molecule has 3 aromatic rings. The van der Waals surface area contributed by atoms with Crippen molar-refractivity contribution in [2.24, 2.45) is 0 Å². The van der Waals surface area contributed by atoms with E-state index in [1.54, 1.807) is 40.5 Å². The van der Waals surface area contributed by atoms with Gasteiger partial charge in [-0.15, -0.1) is 0 Å². The normalized spacial score (nSPS) is 10.5. The van der Waals surface area contributed by atoms with E-state index in [1.807, 2.05) is 34.3 Å². The Kier molecular flexibility index (Phi) is 4.78. The summed E-state index contributed by atoms with van der Waals surface area (Å²) in [6, 6.07) is 5.18. The molecule has 134 valence electrons. The zero-order valence-corrected chi connectivity index (χ0v) is 15.0. The van der Waals surface area contributed by atoms with Crippen LogP contribution in [0.15, 0.2) is 41.3 Å². The van der Waals surface area contributed by atoms with Crippen molar-refractivity contribution in [2.45, 2.75) is 0 Å². The number of anilines is 3. The molecule has 0 fully saturated rings. The first kappa shape index (κ1) is 17.3. The van der Waals surface area contributed by atoms with E-state index in [0.717, 1.165) is 5.56 Å². The summed E-state index contributed by atoms with van der Waals surface area (Å²) in [6.45, 7) is 0. The molecule has 0 radical (unpaired) electrons. The molecular weight excluding hydrogens is 334 g/mol. The molecule has 0 aliphatic carbocycles. The van der Waals surface area contributed by atoms with Crippen LogP contribution in [0.3, 0.4) is 0 Å². The second-order valence-corrected chi connectivity index (χ2v) is 5.97. The third kappa shape index (κ3) is 3.61. The highest BCUT2D eigenvalue weighted by Gasteiger charge is 2.18. The number of rotatable bonds is 5. The second kappa shape index (κ2) is 7.18. The highest BCUT2D eigenvalue weighted by molar-refractivity contribution is 6.04. The molecule has 3 rings (SSSR count). The van der Waals surface area contributed by atoms with Crippen LogP contribution in [0.2, 0.25) is 0 Å². The van der Waals surface area contributed by atoms with Crippen LogP contribution in [0.4, 0.5) is 17.5 Å². The Hall–Kier alpha value is -3.49. The summed E-state index contributed by atoms with van der Waals surface area (Å²) in [4.78, 5) is 28.8. The maximum absolute atomic E-state index is 12.5. The molecule has 0 spiro atoms. The summed E-state index contributed by atoms with van der Waals surface area (Å²) in [7, 11) is 7.38. The zero-order chi connectivity index (χ0) is 18.7. The van der Waals surface area contributed by atoms with Crippen LogP contribution in [0.25, 0.3) is 11.3 Å². The molecule has 0 unspecified atom stereocenters. The molecule has 0 saturated heterocycles. The summed E-state index contributed by atoms with van der Waals surface area (Å²) in [5.74, 6) is 1.20. The van der Waals surface area contributed by atoms with Gasteiger partial charge in [0.1, 0.15) is 5.69 Å². The van der Waals surface area contributed by atoms with Crippen LogP contribution >= 0.6 is 0 Å². The van der Waals surface area contributed by atoms with Crippen LogP contribution in [-0.2, 0) is 0 Å². The maximum Gasteiger partial charge on any atom is 0.278 e. The maximum atomic E-state index is 12.5. The number of amides is 1. The van der Waals surface area contributed by atoms with E-state index in [9.17, 15) is 4.79 Å². The fourth-order valence-corrected chi connectivity index (χ4v) is 2.22. The minimum atomic E-state index is -0.409. The van der Waals surface area contributed by atoms with E-state index >= 15 is 0 Å².